The fourth-order valence-electron chi connectivity index (χ4n) is 2.78. The number of methoxy groups -OCH3 is 1. The summed E-state index contributed by atoms with van der Waals surface area (Å²) in [6.45, 7) is 12.1. The number of aromatic nitrogens is 2. The van der Waals surface area contributed by atoms with Crippen LogP contribution in [0.25, 0.3) is 0 Å². The molecule has 2 heterocycles. The Balaban J connectivity index is 2.47. The van der Waals surface area contributed by atoms with Gasteiger partial charge in [-0.1, -0.05) is 18.2 Å². The first-order valence-corrected chi connectivity index (χ1v) is 7.83. The van der Waals surface area contributed by atoms with Gasteiger partial charge in [-0.15, -0.1) is 6.58 Å². The van der Waals surface area contributed by atoms with Crippen molar-refractivity contribution in [2.24, 2.45) is 11.7 Å². The normalized spacial score (nSPS) is 19.1. The molecule has 1 aromatic heterocycles. The minimum atomic E-state index is -0.514. The van der Waals surface area contributed by atoms with Crippen molar-refractivity contribution in [3.8, 4) is 5.88 Å². The fourth-order valence-corrected chi connectivity index (χ4v) is 2.78. The summed E-state index contributed by atoms with van der Waals surface area (Å²) in [4.78, 5) is 10.3. The highest BCUT2D eigenvalue weighted by atomic mass is 19.1. The van der Waals surface area contributed by atoms with Crippen molar-refractivity contribution in [3.63, 3.8) is 0 Å². The second kappa shape index (κ2) is 7.79. The van der Waals surface area contributed by atoms with E-state index in [4.69, 9.17) is 10.5 Å². The number of nitrogens with zero attached hydrogens (tertiary/aromatic N) is 3. The topological polar surface area (TPSA) is 64.3 Å². The number of ether oxygens (including phenoxy) is 1. The van der Waals surface area contributed by atoms with Gasteiger partial charge in [0, 0.05) is 29.6 Å². The third kappa shape index (κ3) is 3.79. The van der Waals surface area contributed by atoms with E-state index in [0.29, 0.717) is 12.4 Å². The van der Waals surface area contributed by atoms with Crippen molar-refractivity contribution >= 4 is 0 Å². The lowest BCUT2D eigenvalue weighted by Crippen LogP contribution is -2.17. The number of hydrogen-bond donors (Lipinski definition) is 1. The van der Waals surface area contributed by atoms with Crippen LogP contribution in [0.2, 0.25) is 0 Å². The molecule has 0 aliphatic carbocycles. The highest BCUT2D eigenvalue weighted by Crippen LogP contribution is 2.38. The van der Waals surface area contributed by atoms with Crippen LogP contribution in [0.1, 0.15) is 18.2 Å². The van der Waals surface area contributed by atoms with Crippen LogP contribution < -0.4 is 10.5 Å². The molecular formula is C19H23FN4O. The third-order valence-electron chi connectivity index (χ3n) is 4.11. The lowest BCUT2D eigenvalue weighted by atomic mass is 9.94. The second-order valence-electron chi connectivity index (χ2n) is 5.78. The van der Waals surface area contributed by atoms with Crippen molar-refractivity contribution in [1.29, 1.82) is 0 Å². The number of rotatable bonds is 6. The van der Waals surface area contributed by atoms with Gasteiger partial charge >= 0.3 is 0 Å². The van der Waals surface area contributed by atoms with Crippen molar-refractivity contribution in [1.82, 2.24) is 14.9 Å². The molecule has 1 aromatic rings. The quantitative estimate of drug-likeness (QED) is 0.801. The molecule has 2 N–H and O–H groups in total. The standard InChI is InChI=1S/C19H23FN4O/c1-6-15-16(12(2)3)9-24(18(15)7-14(20)8-21)10-17-13(4)19(25-5)23-11-22-17/h6-9,11,15H,1-2,10,21H2,3-5H3/b14-8+,18-7+. The predicted molar refractivity (Wildman–Crippen MR) is 96.9 cm³/mol. The SMILES string of the molecule is C=CC1C(C(=C)C)=CN(Cc2ncnc(OC)c2C)/C1=C/C(F)=C\N. The van der Waals surface area contributed by atoms with E-state index < -0.39 is 5.83 Å². The fraction of sp³-hybridized carbons (Fsp3) is 0.263. The molecule has 2 rings (SSSR count). The van der Waals surface area contributed by atoms with Crippen LogP contribution in [0.3, 0.4) is 0 Å². The summed E-state index contributed by atoms with van der Waals surface area (Å²) in [6.07, 6.45) is 7.51. The molecule has 0 aromatic carbocycles. The Hall–Kier alpha value is -2.89. The molecule has 1 aliphatic heterocycles. The average Bonchev–Trinajstić information content (AvgIpc) is 2.94. The van der Waals surface area contributed by atoms with Gasteiger partial charge in [-0.2, -0.15) is 0 Å². The molecular weight excluding hydrogens is 319 g/mol. The minimum absolute atomic E-state index is 0.160. The van der Waals surface area contributed by atoms with E-state index in [1.165, 1.54) is 12.4 Å². The van der Waals surface area contributed by atoms with Crippen molar-refractivity contribution in [2.75, 3.05) is 7.11 Å². The Morgan fingerprint density at radius 3 is 2.76 bits per heavy atom. The van der Waals surface area contributed by atoms with Crippen LogP contribution in [-0.2, 0) is 6.54 Å². The first-order chi connectivity index (χ1) is 11.9. The molecule has 0 amide bonds. The van der Waals surface area contributed by atoms with Crippen LogP contribution in [0.4, 0.5) is 4.39 Å². The summed E-state index contributed by atoms with van der Waals surface area (Å²) in [5.74, 6) is -0.153. The van der Waals surface area contributed by atoms with Gasteiger partial charge in [-0.3, -0.25) is 0 Å². The zero-order valence-corrected chi connectivity index (χ0v) is 14.8. The summed E-state index contributed by atoms with van der Waals surface area (Å²) in [7, 11) is 1.56. The summed E-state index contributed by atoms with van der Waals surface area (Å²) < 4.78 is 19.1. The zero-order valence-electron chi connectivity index (χ0n) is 14.8. The van der Waals surface area contributed by atoms with E-state index in [1.807, 2.05) is 24.9 Å². The lowest BCUT2D eigenvalue weighted by molar-refractivity contribution is 0.388. The van der Waals surface area contributed by atoms with E-state index in [9.17, 15) is 4.39 Å². The van der Waals surface area contributed by atoms with E-state index >= 15 is 0 Å². The summed E-state index contributed by atoms with van der Waals surface area (Å²) >= 11 is 0. The van der Waals surface area contributed by atoms with E-state index in [0.717, 1.165) is 34.3 Å². The van der Waals surface area contributed by atoms with Gasteiger partial charge < -0.3 is 15.4 Å². The molecule has 6 heteroatoms. The maximum atomic E-state index is 13.8. The molecule has 0 bridgehead atoms. The Morgan fingerprint density at radius 1 is 1.48 bits per heavy atom. The molecule has 0 fully saturated rings. The summed E-state index contributed by atoms with van der Waals surface area (Å²) in [5, 5.41) is 0. The van der Waals surface area contributed by atoms with Crippen LogP contribution >= 0.6 is 0 Å². The van der Waals surface area contributed by atoms with Crippen molar-refractivity contribution in [2.45, 2.75) is 20.4 Å². The minimum Gasteiger partial charge on any atom is -0.481 e. The molecule has 1 unspecified atom stereocenters. The maximum Gasteiger partial charge on any atom is 0.219 e. The van der Waals surface area contributed by atoms with Gasteiger partial charge in [-0.05, 0) is 25.5 Å². The van der Waals surface area contributed by atoms with Crippen LogP contribution in [0, 0.1) is 12.8 Å². The molecule has 0 spiro atoms. The number of hydrogen-bond acceptors (Lipinski definition) is 5. The lowest BCUT2D eigenvalue weighted by Gasteiger charge is -2.22. The maximum absolute atomic E-state index is 13.8. The number of allylic oxidation sites excluding steroid dienone is 4. The Labute approximate surface area is 147 Å². The van der Waals surface area contributed by atoms with Gasteiger partial charge in [0.05, 0.1) is 19.3 Å². The number of halogens is 1. The van der Waals surface area contributed by atoms with Gasteiger partial charge in [0.1, 0.15) is 12.2 Å². The van der Waals surface area contributed by atoms with Gasteiger partial charge in [-0.25, -0.2) is 14.4 Å². The monoisotopic (exact) mass is 342 g/mol. The first-order valence-electron chi connectivity index (χ1n) is 7.83. The Bertz CT molecular complexity index is 780. The molecule has 1 aliphatic rings. The highest BCUT2D eigenvalue weighted by molar-refractivity contribution is 5.45. The largest absolute Gasteiger partial charge is 0.481 e. The van der Waals surface area contributed by atoms with Crippen molar-refractivity contribution < 1.29 is 9.13 Å². The predicted octanol–water partition coefficient (Wildman–Crippen LogP) is 3.52. The third-order valence-corrected chi connectivity index (χ3v) is 4.11. The summed E-state index contributed by atoms with van der Waals surface area (Å²) in [5.41, 5.74) is 9.52. The van der Waals surface area contributed by atoms with Gasteiger partial charge in [0.15, 0.2) is 0 Å². The van der Waals surface area contributed by atoms with Gasteiger partial charge in [0.25, 0.3) is 0 Å². The zero-order chi connectivity index (χ0) is 18.6. The van der Waals surface area contributed by atoms with Gasteiger partial charge in [0.2, 0.25) is 5.88 Å². The molecule has 5 nitrogen and oxygen atoms in total. The second-order valence-corrected chi connectivity index (χ2v) is 5.78. The van der Waals surface area contributed by atoms with E-state index in [2.05, 4.69) is 23.1 Å². The molecule has 0 saturated carbocycles. The number of nitrogens with two attached hydrogens (primary N) is 1. The first kappa shape index (κ1) is 18.4. The highest BCUT2D eigenvalue weighted by Gasteiger charge is 2.29. The Kier molecular flexibility index (Phi) is 5.75. The smallest absolute Gasteiger partial charge is 0.219 e. The Morgan fingerprint density at radius 2 is 2.20 bits per heavy atom. The van der Waals surface area contributed by atoms with Crippen LogP contribution in [0.15, 0.2) is 66.7 Å². The van der Waals surface area contributed by atoms with E-state index in [1.54, 1.807) is 13.2 Å². The summed E-state index contributed by atoms with van der Waals surface area (Å²) in [6, 6.07) is 0. The molecule has 0 radical (unpaired) electrons. The molecule has 25 heavy (non-hydrogen) atoms. The van der Waals surface area contributed by atoms with Crippen LogP contribution in [-0.4, -0.2) is 22.0 Å². The molecule has 132 valence electrons. The molecule has 1 atom stereocenters. The van der Waals surface area contributed by atoms with E-state index in [-0.39, 0.29) is 5.92 Å². The molecule has 0 saturated heterocycles. The van der Waals surface area contributed by atoms with Crippen molar-refractivity contribution in [3.05, 3.63) is 78.0 Å². The average molecular weight is 342 g/mol. The van der Waals surface area contributed by atoms with Crippen LogP contribution in [0.5, 0.6) is 5.88 Å².